The zero-order valence-corrected chi connectivity index (χ0v) is 19.4. The summed E-state index contributed by atoms with van der Waals surface area (Å²) in [5.41, 5.74) is 3.04. The van der Waals surface area contributed by atoms with Crippen LogP contribution < -0.4 is 15.5 Å². The molecule has 33 heavy (non-hydrogen) atoms. The van der Waals surface area contributed by atoms with Crippen molar-refractivity contribution in [3.8, 4) is 11.3 Å². The zero-order chi connectivity index (χ0) is 22.8. The molecule has 5 rings (SSSR count). The third kappa shape index (κ3) is 4.82. The second kappa shape index (κ2) is 9.65. The molecule has 1 aromatic heterocycles. The number of aromatic nitrogens is 2. The Morgan fingerprint density at radius 3 is 2.39 bits per heavy atom. The number of nitrogens with zero attached hydrogens (tertiary/aromatic N) is 3. The van der Waals surface area contributed by atoms with E-state index in [-0.39, 0.29) is 36.1 Å². The van der Waals surface area contributed by atoms with Crippen molar-refractivity contribution >= 4 is 17.5 Å². The highest BCUT2D eigenvalue weighted by molar-refractivity contribution is 5.79. The molecule has 2 aromatic rings. The van der Waals surface area contributed by atoms with Gasteiger partial charge < -0.3 is 25.0 Å². The summed E-state index contributed by atoms with van der Waals surface area (Å²) in [6.07, 6.45) is 7.00. The number of amides is 1. The van der Waals surface area contributed by atoms with E-state index in [9.17, 15) is 4.79 Å². The van der Waals surface area contributed by atoms with E-state index in [1.807, 2.05) is 20.2 Å². The van der Waals surface area contributed by atoms with E-state index in [1.54, 1.807) is 6.20 Å². The average molecular weight is 452 g/mol. The highest BCUT2D eigenvalue weighted by Gasteiger charge is 2.48. The Labute approximate surface area is 195 Å². The van der Waals surface area contributed by atoms with Crippen LogP contribution in [-0.2, 0) is 14.3 Å². The van der Waals surface area contributed by atoms with Crippen molar-refractivity contribution in [1.29, 1.82) is 0 Å². The van der Waals surface area contributed by atoms with Crippen LogP contribution in [0.15, 0.2) is 36.5 Å². The van der Waals surface area contributed by atoms with E-state index < -0.39 is 0 Å². The number of nitrogens with one attached hydrogen (secondary N) is 2. The first kappa shape index (κ1) is 22.1. The van der Waals surface area contributed by atoms with Gasteiger partial charge in [0.15, 0.2) is 0 Å². The summed E-state index contributed by atoms with van der Waals surface area (Å²) >= 11 is 0. The van der Waals surface area contributed by atoms with Gasteiger partial charge in [-0.15, -0.1) is 0 Å². The molecular weight excluding hydrogens is 418 g/mol. The molecule has 2 N–H and O–H groups in total. The van der Waals surface area contributed by atoms with Crippen molar-refractivity contribution < 1.29 is 14.3 Å². The highest BCUT2D eigenvalue weighted by atomic mass is 16.6. The third-order valence-corrected chi connectivity index (χ3v) is 7.01. The minimum atomic E-state index is -0.142. The first-order valence-corrected chi connectivity index (χ1v) is 12.0. The fraction of sp³-hybridized carbons (Fsp3) is 0.560. The summed E-state index contributed by atoms with van der Waals surface area (Å²) in [7, 11) is 4.05. The number of anilines is 2. The molecule has 1 aromatic carbocycles. The number of ether oxygens (including phenoxy) is 2. The van der Waals surface area contributed by atoms with E-state index in [2.05, 4.69) is 44.8 Å². The van der Waals surface area contributed by atoms with Crippen LogP contribution in [0.4, 0.5) is 11.6 Å². The van der Waals surface area contributed by atoms with Crippen LogP contribution in [0, 0.1) is 5.92 Å². The predicted molar refractivity (Wildman–Crippen MR) is 127 cm³/mol. The molecule has 0 unspecified atom stereocenters. The Morgan fingerprint density at radius 2 is 1.67 bits per heavy atom. The van der Waals surface area contributed by atoms with Gasteiger partial charge in [0.05, 0.1) is 31.0 Å². The van der Waals surface area contributed by atoms with Crippen LogP contribution >= 0.6 is 0 Å². The number of carbonyl (C=O) groups excluding carboxylic acids is 1. The van der Waals surface area contributed by atoms with E-state index in [1.165, 1.54) is 6.42 Å². The Morgan fingerprint density at radius 1 is 0.970 bits per heavy atom. The fourth-order valence-corrected chi connectivity index (χ4v) is 5.10. The van der Waals surface area contributed by atoms with Crippen LogP contribution in [0.2, 0.25) is 0 Å². The quantitative estimate of drug-likeness (QED) is 0.698. The lowest BCUT2D eigenvalue weighted by Gasteiger charge is -2.24. The maximum absolute atomic E-state index is 12.7. The molecule has 3 fully saturated rings. The molecule has 3 aliphatic rings. The summed E-state index contributed by atoms with van der Waals surface area (Å²) in [6.45, 7) is 0.974. The topological polar surface area (TPSA) is 88.6 Å². The lowest BCUT2D eigenvalue weighted by Crippen LogP contribution is -2.47. The molecule has 0 radical (unpaired) electrons. The molecule has 8 nitrogen and oxygen atoms in total. The summed E-state index contributed by atoms with van der Waals surface area (Å²) in [6, 6.07) is 10.0. The van der Waals surface area contributed by atoms with Crippen LogP contribution in [0.1, 0.15) is 32.1 Å². The van der Waals surface area contributed by atoms with Crippen LogP contribution in [0.5, 0.6) is 0 Å². The molecule has 3 heterocycles. The molecule has 1 amide bonds. The first-order chi connectivity index (χ1) is 16.1. The minimum Gasteiger partial charge on any atom is -0.378 e. The van der Waals surface area contributed by atoms with Gasteiger partial charge in [-0.1, -0.05) is 31.4 Å². The Balaban J connectivity index is 1.20. The Kier molecular flexibility index (Phi) is 6.46. The zero-order valence-electron chi connectivity index (χ0n) is 19.4. The largest absolute Gasteiger partial charge is 0.378 e. The maximum Gasteiger partial charge on any atom is 0.223 e. The van der Waals surface area contributed by atoms with Gasteiger partial charge in [-0.2, -0.15) is 0 Å². The molecule has 2 saturated heterocycles. The molecular formula is C25H33N5O3. The van der Waals surface area contributed by atoms with E-state index in [0.29, 0.717) is 19.2 Å². The first-order valence-electron chi connectivity index (χ1n) is 12.0. The fourth-order valence-electron chi connectivity index (χ4n) is 5.10. The summed E-state index contributed by atoms with van der Waals surface area (Å²) in [4.78, 5) is 23.9. The number of hydrogen-bond donors (Lipinski definition) is 2. The van der Waals surface area contributed by atoms with Crippen molar-refractivity contribution in [2.24, 2.45) is 5.92 Å². The van der Waals surface area contributed by atoms with Gasteiger partial charge in [0.1, 0.15) is 12.2 Å². The number of hydrogen-bond acceptors (Lipinski definition) is 7. The lowest BCUT2D eigenvalue weighted by molar-refractivity contribution is -0.127. The van der Waals surface area contributed by atoms with Gasteiger partial charge in [0.25, 0.3) is 0 Å². The smallest absolute Gasteiger partial charge is 0.223 e. The van der Waals surface area contributed by atoms with Crippen LogP contribution in [0.25, 0.3) is 11.3 Å². The number of benzene rings is 1. The van der Waals surface area contributed by atoms with Crippen molar-refractivity contribution in [2.45, 2.75) is 56.4 Å². The van der Waals surface area contributed by atoms with Crippen molar-refractivity contribution in [2.75, 3.05) is 37.5 Å². The minimum absolute atomic E-state index is 0.0575. The van der Waals surface area contributed by atoms with Gasteiger partial charge in [0.2, 0.25) is 11.9 Å². The average Bonchev–Trinajstić information content (AvgIpc) is 3.43. The molecule has 2 aliphatic heterocycles. The number of fused-ring (bicyclic) bond motifs is 1. The van der Waals surface area contributed by atoms with Crippen molar-refractivity contribution in [1.82, 2.24) is 15.3 Å². The van der Waals surface area contributed by atoms with Gasteiger partial charge in [-0.3, -0.25) is 4.79 Å². The predicted octanol–water partition coefficient (Wildman–Crippen LogP) is 2.85. The van der Waals surface area contributed by atoms with E-state index in [4.69, 9.17) is 14.5 Å². The molecule has 0 bridgehead atoms. The number of rotatable bonds is 6. The lowest BCUT2D eigenvalue weighted by atomic mass is 9.88. The SMILES string of the molecule is CN(C)c1ccc(-c2ccnc(N[C@H]3CO[C@H]4[C@@H]3OC[C@@H]4NC(=O)C3CCCCC3)n2)cc1. The van der Waals surface area contributed by atoms with Crippen LogP contribution in [-0.4, -0.2) is 67.5 Å². The second-order valence-corrected chi connectivity index (χ2v) is 9.50. The van der Waals surface area contributed by atoms with Gasteiger partial charge >= 0.3 is 0 Å². The molecule has 8 heteroatoms. The molecule has 0 spiro atoms. The van der Waals surface area contributed by atoms with Crippen molar-refractivity contribution in [3.05, 3.63) is 36.5 Å². The second-order valence-electron chi connectivity index (χ2n) is 9.50. The Bertz CT molecular complexity index is 961. The summed E-state index contributed by atoms with van der Waals surface area (Å²) in [5.74, 6) is 0.841. The monoisotopic (exact) mass is 451 g/mol. The molecule has 1 saturated carbocycles. The van der Waals surface area contributed by atoms with Gasteiger partial charge in [0, 0.05) is 37.5 Å². The van der Waals surface area contributed by atoms with Crippen molar-refractivity contribution in [3.63, 3.8) is 0 Å². The maximum atomic E-state index is 12.7. The normalized spacial score (nSPS) is 27.2. The summed E-state index contributed by atoms with van der Waals surface area (Å²) in [5, 5.41) is 6.59. The van der Waals surface area contributed by atoms with E-state index >= 15 is 0 Å². The van der Waals surface area contributed by atoms with E-state index in [0.717, 1.165) is 42.6 Å². The van der Waals surface area contributed by atoms with Gasteiger partial charge in [-0.05, 0) is 31.0 Å². The highest BCUT2D eigenvalue weighted by Crippen LogP contribution is 2.30. The molecule has 4 atom stereocenters. The summed E-state index contributed by atoms with van der Waals surface area (Å²) < 4.78 is 12.1. The van der Waals surface area contributed by atoms with Gasteiger partial charge in [-0.25, -0.2) is 9.97 Å². The molecule has 176 valence electrons. The standard InChI is InChI=1S/C25H33N5O3/c1-30(2)18-10-8-16(9-11-18)19-12-13-26-25(28-19)29-21-15-33-22-20(14-32-23(21)22)27-24(31)17-6-4-3-5-7-17/h8-13,17,20-23H,3-7,14-15H2,1-2H3,(H,27,31)(H,26,28,29)/t20-,21-,22+,23+/m0/s1. The molecule has 1 aliphatic carbocycles. The third-order valence-electron chi connectivity index (χ3n) is 7.01. The van der Waals surface area contributed by atoms with Crippen LogP contribution in [0.3, 0.4) is 0 Å². The Hall–Kier alpha value is -2.71. The number of carbonyl (C=O) groups is 1.